The highest BCUT2D eigenvalue weighted by Crippen LogP contribution is 2.25. The van der Waals surface area contributed by atoms with Crippen molar-refractivity contribution >= 4 is 32.9 Å². The Labute approximate surface area is 128 Å². The lowest BCUT2D eigenvalue weighted by atomic mass is 10.2. The number of hydrogen-bond acceptors (Lipinski definition) is 5. The van der Waals surface area contributed by atoms with Crippen LogP contribution in [0, 0.1) is 11.3 Å². The van der Waals surface area contributed by atoms with E-state index in [9.17, 15) is 8.42 Å². The van der Waals surface area contributed by atoms with Gasteiger partial charge in [0.05, 0.1) is 0 Å². The van der Waals surface area contributed by atoms with Crippen molar-refractivity contribution in [1.82, 2.24) is 0 Å². The number of benzene rings is 1. The number of rotatable bonds is 4. The fourth-order valence-corrected chi connectivity index (χ4v) is 3.99. The number of thiophene rings is 1. The summed E-state index contributed by atoms with van der Waals surface area (Å²) in [6.07, 6.45) is 1.40. The van der Waals surface area contributed by atoms with Gasteiger partial charge in [-0.05, 0) is 35.2 Å². The lowest BCUT2D eigenvalue weighted by Gasteiger charge is -2.11. The van der Waals surface area contributed by atoms with E-state index in [2.05, 4.69) is 0 Å². The first kappa shape index (κ1) is 15.3. The normalized spacial score (nSPS) is 12.0. The molecule has 0 aliphatic carbocycles. The molecule has 0 atom stereocenters. The lowest BCUT2D eigenvalue weighted by Crippen LogP contribution is -2.08. The Balaban J connectivity index is 2.40. The number of hydrogen-bond donors (Lipinski definition) is 0. The zero-order valence-electron chi connectivity index (χ0n) is 11.6. The average Bonchev–Trinajstić information content (AvgIpc) is 3.00. The second-order valence-electron chi connectivity index (χ2n) is 4.54. The lowest BCUT2D eigenvalue weighted by molar-refractivity contribution is 0.605. The van der Waals surface area contributed by atoms with Gasteiger partial charge in [0.2, 0.25) is 9.84 Å². The monoisotopic (exact) mass is 318 g/mol. The first-order chi connectivity index (χ1) is 9.95. The molecule has 0 aliphatic rings. The summed E-state index contributed by atoms with van der Waals surface area (Å²) in [6, 6.07) is 12.3. The molecule has 1 aromatic heterocycles. The molecule has 1 heterocycles. The maximum absolute atomic E-state index is 12.3. The Bertz CT molecular complexity index is 781. The van der Waals surface area contributed by atoms with Gasteiger partial charge in [0, 0.05) is 19.8 Å². The maximum atomic E-state index is 12.3. The van der Waals surface area contributed by atoms with Gasteiger partial charge in [-0.2, -0.15) is 5.26 Å². The molecule has 0 fully saturated rings. The highest BCUT2D eigenvalue weighted by Gasteiger charge is 2.21. The number of sulfone groups is 1. The summed E-state index contributed by atoms with van der Waals surface area (Å²) in [5, 5.41) is 10.8. The minimum atomic E-state index is -3.72. The summed E-state index contributed by atoms with van der Waals surface area (Å²) in [6.45, 7) is 0. The highest BCUT2D eigenvalue weighted by molar-refractivity contribution is 7.97. The number of allylic oxidation sites excluding steroid dienone is 1. The molecular formula is C15H14N2O2S2. The average molecular weight is 318 g/mol. The van der Waals surface area contributed by atoms with Crippen molar-refractivity contribution in [2.45, 2.75) is 4.21 Å². The van der Waals surface area contributed by atoms with E-state index in [0.29, 0.717) is 5.56 Å². The van der Waals surface area contributed by atoms with Crippen molar-refractivity contribution in [2.24, 2.45) is 0 Å². The molecule has 0 radical (unpaired) electrons. The van der Waals surface area contributed by atoms with E-state index in [1.807, 2.05) is 31.1 Å². The third kappa shape index (κ3) is 3.32. The SMILES string of the molecule is CN(C)c1ccc(C=C(C#N)S(=O)(=O)c2cccs2)cc1. The predicted octanol–water partition coefficient (Wildman–Crippen LogP) is 3.15. The molecular weight excluding hydrogens is 304 g/mol. The van der Waals surface area contributed by atoms with E-state index in [1.54, 1.807) is 29.6 Å². The first-order valence-corrected chi connectivity index (χ1v) is 8.49. The van der Waals surface area contributed by atoms with Gasteiger partial charge in [-0.3, -0.25) is 0 Å². The van der Waals surface area contributed by atoms with Gasteiger partial charge in [-0.25, -0.2) is 8.42 Å². The topological polar surface area (TPSA) is 61.2 Å². The van der Waals surface area contributed by atoms with Gasteiger partial charge in [-0.1, -0.05) is 18.2 Å². The predicted molar refractivity (Wildman–Crippen MR) is 85.9 cm³/mol. The Morgan fingerprint density at radius 2 is 1.90 bits per heavy atom. The molecule has 0 saturated carbocycles. The molecule has 2 rings (SSSR count). The Morgan fingerprint density at radius 1 is 1.24 bits per heavy atom. The quantitative estimate of drug-likeness (QED) is 0.813. The van der Waals surface area contributed by atoms with Crippen LogP contribution >= 0.6 is 11.3 Å². The molecule has 0 saturated heterocycles. The van der Waals surface area contributed by atoms with E-state index in [0.717, 1.165) is 17.0 Å². The zero-order valence-corrected chi connectivity index (χ0v) is 13.3. The van der Waals surface area contributed by atoms with Crippen LogP contribution in [0.4, 0.5) is 5.69 Å². The van der Waals surface area contributed by atoms with Crippen molar-refractivity contribution in [3.05, 3.63) is 52.2 Å². The number of nitrogens with zero attached hydrogens (tertiary/aromatic N) is 2. The Hall–Kier alpha value is -2.10. The largest absolute Gasteiger partial charge is 0.378 e. The molecule has 108 valence electrons. The van der Waals surface area contributed by atoms with Crippen LogP contribution in [0.15, 0.2) is 50.9 Å². The number of anilines is 1. The molecule has 0 spiro atoms. The van der Waals surface area contributed by atoms with Crippen LogP contribution in [0.1, 0.15) is 5.56 Å². The van der Waals surface area contributed by atoms with E-state index in [1.165, 1.54) is 12.1 Å². The minimum absolute atomic E-state index is 0.181. The van der Waals surface area contributed by atoms with Gasteiger partial charge in [0.1, 0.15) is 10.3 Å². The smallest absolute Gasteiger partial charge is 0.226 e. The maximum Gasteiger partial charge on any atom is 0.226 e. The summed E-state index contributed by atoms with van der Waals surface area (Å²) in [4.78, 5) is 1.70. The van der Waals surface area contributed by atoms with Crippen LogP contribution < -0.4 is 4.90 Å². The minimum Gasteiger partial charge on any atom is -0.378 e. The third-order valence-electron chi connectivity index (χ3n) is 2.87. The molecule has 0 aliphatic heterocycles. The van der Waals surface area contributed by atoms with E-state index >= 15 is 0 Å². The van der Waals surface area contributed by atoms with Crippen LogP contribution in [0.5, 0.6) is 0 Å². The number of nitriles is 1. The summed E-state index contributed by atoms with van der Waals surface area (Å²) in [7, 11) is 0.122. The first-order valence-electron chi connectivity index (χ1n) is 6.13. The molecule has 21 heavy (non-hydrogen) atoms. The van der Waals surface area contributed by atoms with Crippen molar-refractivity contribution in [3.63, 3.8) is 0 Å². The second kappa shape index (κ2) is 6.12. The van der Waals surface area contributed by atoms with Crippen molar-refractivity contribution < 1.29 is 8.42 Å². The standard InChI is InChI=1S/C15H14N2O2S2/c1-17(2)13-7-5-12(6-8-13)10-14(11-16)21(18,19)15-4-3-9-20-15/h3-10H,1-2H3. The molecule has 6 heteroatoms. The molecule has 0 unspecified atom stereocenters. The Kier molecular flexibility index (Phi) is 4.46. The van der Waals surface area contributed by atoms with Crippen molar-refractivity contribution in [3.8, 4) is 6.07 Å². The molecule has 1 aromatic carbocycles. The van der Waals surface area contributed by atoms with Gasteiger partial charge in [0.25, 0.3) is 0 Å². The molecule has 0 bridgehead atoms. The summed E-state index contributed by atoms with van der Waals surface area (Å²) < 4.78 is 24.8. The van der Waals surface area contributed by atoms with Crippen molar-refractivity contribution in [1.29, 1.82) is 5.26 Å². The molecule has 4 nitrogen and oxygen atoms in total. The van der Waals surface area contributed by atoms with Crippen LogP contribution in [0.25, 0.3) is 6.08 Å². The summed E-state index contributed by atoms with van der Waals surface area (Å²) in [5.74, 6) is 0. The van der Waals surface area contributed by atoms with Crippen LogP contribution in [0.3, 0.4) is 0 Å². The zero-order chi connectivity index (χ0) is 15.5. The van der Waals surface area contributed by atoms with Crippen LogP contribution in [-0.2, 0) is 9.84 Å². The van der Waals surface area contributed by atoms with Crippen molar-refractivity contribution in [2.75, 3.05) is 19.0 Å². The molecule has 0 amide bonds. The van der Waals surface area contributed by atoms with Crippen LogP contribution in [-0.4, -0.2) is 22.5 Å². The summed E-state index contributed by atoms with van der Waals surface area (Å²) >= 11 is 1.10. The van der Waals surface area contributed by atoms with E-state index < -0.39 is 9.84 Å². The van der Waals surface area contributed by atoms with E-state index in [-0.39, 0.29) is 9.11 Å². The Morgan fingerprint density at radius 3 is 2.38 bits per heavy atom. The molecule has 0 N–H and O–H groups in total. The van der Waals surface area contributed by atoms with E-state index in [4.69, 9.17) is 5.26 Å². The summed E-state index contributed by atoms with van der Waals surface area (Å²) in [5.41, 5.74) is 1.68. The van der Waals surface area contributed by atoms with Gasteiger partial charge < -0.3 is 4.90 Å². The molecule has 2 aromatic rings. The van der Waals surface area contributed by atoms with Gasteiger partial charge >= 0.3 is 0 Å². The highest BCUT2D eigenvalue weighted by atomic mass is 32.2. The van der Waals surface area contributed by atoms with Crippen LogP contribution in [0.2, 0.25) is 0 Å². The fraction of sp³-hybridized carbons (Fsp3) is 0.133. The fourth-order valence-electron chi connectivity index (χ4n) is 1.71. The van der Waals surface area contributed by atoms with Gasteiger partial charge in [0.15, 0.2) is 4.91 Å². The second-order valence-corrected chi connectivity index (χ2v) is 7.63. The third-order valence-corrected chi connectivity index (χ3v) is 5.93. The van der Waals surface area contributed by atoms with Gasteiger partial charge in [-0.15, -0.1) is 11.3 Å².